The van der Waals surface area contributed by atoms with E-state index < -0.39 is 0 Å². The Balaban J connectivity index is 1.80. The second-order valence-corrected chi connectivity index (χ2v) is 6.61. The van der Waals surface area contributed by atoms with Crippen molar-refractivity contribution >= 4 is 0 Å². The van der Waals surface area contributed by atoms with Crippen molar-refractivity contribution in [2.75, 3.05) is 13.1 Å². The predicted octanol–water partition coefficient (Wildman–Crippen LogP) is 3.69. The molecule has 1 aliphatic heterocycles. The summed E-state index contributed by atoms with van der Waals surface area (Å²) in [4.78, 5) is 2.77. The Labute approximate surface area is 95.2 Å². The van der Waals surface area contributed by atoms with Crippen LogP contribution in [0.3, 0.4) is 0 Å². The molecule has 1 heteroatoms. The molecule has 0 bridgehead atoms. The fraction of sp³-hybridized carbons (Fsp3) is 1.00. The summed E-state index contributed by atoms with van der Waals surface area (Å²) in [7, 11) is 0. The second kappa shape index (κ2) is 4.45. The van der Waals surface area contributed by atoms with Gasteiger partial charge in [-0.1, -0.05) is 20.8 Å². The van der Waals surface area contributed by atoms with Crippen LogP contribution in [0, 0.1) is 11.3 Å². The summed E-state index contributed by atoms with van der Waals surface area (Å²) in [6.07, 6.45) is 8.62. The molecule has 0 N–H and O–H groups in total. The molecule has 15 heavy (non-hydrogen) atoms. The van der Waals surface area contributed by atoms with E-state index in [1.54, 1.807) is 0 Å². The van der Waals surface area contributed by atoms with E-state index >= 15 is 0 Å². The minimum Gasteiger partial charge on any atom is -0.300 e. The number of piperidine rings is 1. The lowest BCUT2D eigenvalue weighted by atomic mass is 9.75. The molecule has 0 amide bonds. The summed E-state index contributed by atoms with van der Waals surface area (Å²) in [5, 5.41) is 0. The molecule has 0 atom stereocenters. The standard InChI is InChI=1S/C14H27N/c1-12-6-10-15(11-7-12)13-4-8-14(2,3)9-5-13/h12-13H,4-11H2,1-3H3. The number of hydrogen-bond donors (Lipinski definition) is 0. The molecule has 2 fully saturated rings. The fourth-order valence-electron chi connectivity index (χ4n) is 3.14. The number of nitrogens with zero attached hydrogens (tertiary/aromatic N) is 1. The first-order valence-corrected chi connectivity index (χ1v) is 6.81. The molecule has 0 radical (unpaired) electrons. The van der Waals surface area contributed by atoms with Gasteiger partial charge in [0, 0.05) is 6.04 Å². The van der Waals surface area contributed by atoms with Crippen molar-refractivity contribution in [3.05, 3.63) is 0 Å². The quantitative estimate of drug-likeness (QED) is 0.636. The third-order valence-corrected chi connectivity index (χ3v) is 4.64. The Morgan fingerprint density at radius 1 is 0.933 bits per heavy atom. The van der Waals surface area contributed by atoms with Crippen LogP contribution in [0.4, 0.5) is 0 Å². The minimum atomic E-state index is 0.625. The van der Waals surface area contributed by atoms with Gasteiger partial charge in [0.1, 0.15) is 0 Å². The van der Waals surface area contributed by atoms with E-state index in [0.717, 1.165) is 12.0 Å². The van der Waals surface area contributed by atoms with Crippen molar-refractivity contribution in [1.82, 2.24) is 4.90 Å². The first-order valence-electron chi connectivity index (χ1n) is 6.81. The van der Waals surface area contributed by atoms with Gasteiger partial charge in [-0.05, 0) is 62.9 Å². The first-order chi connectivity index (χ1) is 7.07. The zero-order valence-electron chi connectivity index (χ0n) is 10.8. The fourth-order valence-corrected chi connectivity index (χ4v) is 3.14. The van der Waals surface area contributed by atoms with Crippen LogP contribution in [0.5, 0.6) is 0 Å². The highest BCUT2D eigenvalue weighted by Crippen LogP contribution is 2.37. The highest BCUT2D eigenvalue weighted by Gasteiger charge is 2.31. The Morgan fingerprint density at radius 3 is 2.00 bits per heavy atom. The molecule has 2 rings (SSSR count). The monoisotopic (exact) mass is 209 g/mol. The van der Waals surface area contributed by atoms with Crippen LogP contribution in [-0.2, 0) is 0 Å². The van der Waals surface area contributed by atoms with Crippen LogP contribution in [0.2, 0.25) is 0 Å². The summed E-state index contributed by atoms with van der Waals surface area (Å²) < 4.78 is 0. The number of rotatable bonds is 1. The van der Waals surface area contributed by atoms with Gasteiger partial charge >= 0.3 is 0 Å². The average Bonchev–Trinajstić information content (AvgIpc) is 2.20. The molecule has 1 aliphatic carbocycles. The zero-order chi connectivity index (χ0) is 10.9. The van der Waals surface area contributed by atoms with Crippen LogP contribution < -0.4 is 0 Å². The van der Waals surface area contributed by atoms with Crippen molar-refractivity contribution in [2.45, 2.75) is 65.3 Å². The smallest absolute Gasteiger partial charge is 0.00956 e. The van der Waals surface area contributed by atoms with Crippen LogP contribution in [0.25, 0.3) is 0 Å². The maximum atomic E-state index is 2.77. The van der Waals surface area contributed by atoms with Gasteiger partial charge in [0.2, 0.25) is 0 Å². The highest BCUT2D eigenvalue weighted by atomic mass is 15.2. The van der Waals surface area contributed by atoms with Gasteiger partial charge < -0.3 is 4.90 Å². The third-order valence-electron chi connectivity index (χ3n) is 4.64. The highest BCUT2D eigenvalue weighted by molar-refractivity contribution is 4.85. The maximum Gasteiger partial charge on any atom is 0.00956 e. The van der Waals surface area contributed by atoms with Crippen molar-refractivity contribution in [1.29, 1.82) is 0 Å². The van der Waals surface area contributed by atoms with Gasteiger partial charge in [0.15, 0.2) is 0 Å². The largest absolute Gasteiger partial charge is 0.300 e. The van der Waals surface area contributed by atoms with Gasteiger partial charge in [0.05, 0.1) is 0 Å². The van der Waals surface area contributed by atoms with Gasteiger partial charge in [-0.25, -0.2) is 0 Å². The summed E-state index contributed by atoms with van der Waals surface area (Å²) in [5.74, 6) is 0.973. The van der Waals surface area contributed by atoms with E-state index in [4.69, 9.17) is 0 Å². The number of hydrogen-bond acceptors (Lipinski definition) is 1. The molecule has 1 nitrogen and oxygen atoms in total. The van der Waals surface area contributed by atoms with E-state index in [1.165, 1.54) is 51.6 Å². The van der Waals surface area contributed by atoms with E-state index in [-0.39, 0.29) is 0 Å². The van der Waals surface area contributed by atoms with Crippen LogP contribution >= 0.6 is 0 Å². The van der Waals surface area contributed by atoms with Gasteiger partial charge in [0.25, 0.3) is 0 Å². The Bertz CT molecular complexity index is 191. The van der Waals surface area contributed by atoms with Crippen LogP contribution in [0.15, 0.2) is 0 Å². The maximum absolute atomic E-state index is 2.77. The van der Waals surface area contributed by atoms with Crippen molar-refractivity contribution in [3.63, 3.8) is 0 Å². The summed E-state index contributed by atoms with van der Waals surface area (Å²) in [6, 6.07) is 0.922. The minimum absolute atomic E-state index is 0.625. The van der Waals surface area contributed by atoms with Crippen molar-refractivity contribution in [3.8, 4) is 0 Å². The van der Waals surface area contributed by atoms with E-state index in [0.29, 0.717) is 5.41 Å². The molecule has 0 spiro atoms. The number of likely N-dealkylation sites (tertiary alicyclic amines) is 1. The van der Waals surface area contributed by atoms with E-state index in [2.05, 4.69) is 25.7 Å². The molecule has 0 aromatic carbocycles. The first kappa shape index (κ1) is 11.4. The lowest BCUT2D eigenvalue weighted by Gasteiger charge is -2.42. The third kappa shape index (κ3) is 2.96. The van der Waals surface area contributed by atoms with Crippen LogP contribution in [0.1, 0.15) is 59.3 Å². The zero-order valence-corrected chi connectivity index (χ0v) is 10.8. The molecule has 1 heterocycles. The summed E-state index contributed by atoms with van der Waals surface area (Å²) in [5.41, 5.74) is 0.625. The Kier molecular flexibility index (Phi) is 3.39. The topological polar surface area (TPSA) is 3.24 Å². The lowest BCUT2D eigenvalue weighted by Crippen LogP contribution is -2.43. The Hall–Kier alpha value is -0.0400. The van der Waals surface area contributed by atoms with Gasteiger partial charge in [-0.15, -0.1) is 0 Å². The summed E-state index contributed by atoms with van der Waals surface area (Å²) in [6.45, 7) is 10.0. The molecule has 88 valence electrons. The van der Waals surface area contributed by atoms with Gasteiger partial charge in [-0.3, -0.25) is 0 Å². The predicted molar refractivity (Wildman–Crippen MR) is 66.0 cm³/mol. The van der Waals surface area contributed by atoms with E-state index in [1.807, 2.05) is 0 Å². The molecule has 1 saturated heterocycles. The molecule has 1 saturated carbocycles. The van der Waals surface area contributed by atoms with Crippen LogP contribution in [-0.4, -0.2) is 24.0 Å². The molecular formula is C14H27N. The van der Waals surface area contributed by atoms with E-state index in [9.17, 15) is 0 Å². The molecule has 2 aliphatic rings. The van der Waals surface area contributed by atoms with Gasteiger partial charge in [-0.2, -0.15) is 0 Å². The SMILES string of the molecule is CC1CCN(C2CCC(C)(C)CC2)CC1. The lowest BCUT2D eigenvalue weighted by molar-refractivity contribution is 0.0785. The molecular weight excluding hydrogens is 182 g/mol. The van der Waals surface area contributed by atoms with Crippen molar-refractivity contribution in [2.24, 2.45) is 11.3 Å². The normalized spacial score (nSPS) is 30.6. The average molecular weight is 209 g/mol. The van der Waals surface area contributed by atoms with Crippen molar-refractivity contribution < 1.29 is 0 Å². The Morgan fingerprint density at radius 2 is 1.47 bits per heavy atom. The second-order valence-electron chi connectivity index (χ2n) is 6.61. The molecule has 0 aromatic rings. The summed E-state index contributed by atoms with van der Waals surface area (Å²) >= 11 is 0. The molecule has 0 unspecified atom stereocenters. The molecule has 0 aromatic heterocycles.